The quantitative estimate of drug-likeness (QED) is 0.168. The third kappa shape index (κ3) is 5.85. The van der Waals surface area contributed by atoms with E-state index in [1.165, 1.54) is 17.2 Å². The van der Waals surface area contributed by atoms with E-state index in [4.69, 9.17) is 29.8 Å². The number of imidazole rings is 2. The molecule has 4 aromatic heterocycles. The van der Waals surface area contributed by atoms with E-state index in [1.807, 2.05) is 4.57 Å². The zero-order valence-electron chi connectivity index (χ0n) is 22.4. The van der Waals surface area contributed by atoms with Gasteiger partial charge in [-0.15, -0.1) is 0 Å². The van der Waals surface area contributed by atoms with Crippen LogP contribution in [0.2, 0.25) is 0 Å². The van der Waals surface area contributed by atoms with Crippen molar-refractivity contribution in [2.24, 2.45) is 5.92 Å². The molecule has 1 aliphatic heterocycles. The van der Waals surface area contributed by atoms with Gasteiger partial charge in [0, 0.05) is 13.2 Å². The van der Waals surface area contributed by atoms with E-state index in [0.717, 1.165) is 13.4 Å². The highest BCUT2D eigenvalue weighted by atomic mass is 31.2. The fourth-order valence-corrected chi connectivity index (χ4v) is 6.50. The van der Waals surface area contributed by atoms with Gasteiger partial charge < -0.3 is 30.6 Å². The summed E-state index contributed by atoms with van der Waals surface area (Å²) in [5.74, 6) is 0.177. The first kappa shape index (κ1) is 29.9. The molecule has 6 N–H and O–H groups in total. The molecular weight excluding hydrogens is 617 g/mol. The molecule has 0 aromatic carbocycles. The molecule has 19 nitrogen and oxygen atoms in total. The minimum Gasteiger partial charge on any atom is -0.382 e. The molecule has 1 saturated carbocycles. The van der Waals surface area contributed by atoms with Gasteiger partial charge in [0.15, 0.2) is 35.3 Å². The van der Waals surface area contributed by atoms with Crippen LogP contribution in [0.5, 0.6) is 0 Å². The highest BCUT2D eigenvalue weighted by Gasteiger charge is 2.51. The third-order valence-corrected chi connectivity index (χ3v) is 9.20. The number of rotatable bonds is 11. The lowest BCUT2D eigenvalue weighted by Gasteiger charge is -2.36. The van der Waals surface area contributed by atoms with Crippen LogP contribution in [0, 0.1) is 5.92 Å². The summed E-state index contributed by atoms with van der Waals surface area (Å²) in [5, 5.41) is 0. The number of nitrogens with two attached hydrogens (primary N) is 2. The second-order valence-electron chi connectivity index (χ2n) is 9.95. The van der Waals surface area contributed by atoms with Gasteiger partial charge in [-0.25, -0.2) is 43.4 Å². The molecule has 2 unspecified atom stereocenters. The number of hydrogen-bond donors (Lipinski definition) is 4. The first-order valence-electron chi connectivity index (χ1n) is 12.8. The fraction of sp³-hybridized carbons (Fsp3) is 0.524. The van der Waals surface area contributed by atoms with Gasteiger partial charge in [0.05, 0.1) is 25.9 Å². The molecule has 6 atom stereocenters. The zero-order valence-corrected chi connectivity index (χ0v) is 24.1. The minimum atomic E-state index is -4.87. The smallest absolute Gasteiger partial charge is 0.382 e. The van der Waals surface area contributed by atoms with Crippen LogP contribution in [0.1, 0.15) is 25.1 Å². The number of aromatic nitrogens is 8. The summed E-state index contributed by atoms with van der Waals surface area (Å²) in [6.45, 7) is -0.898. The lowest BCUT2D eigenvalue weighted by molar-refractivity contribution is -0.0466. The van der Waals surface area contributed by atoms with Crippen molar-refractivity contribution < 1.29 is 46.1 Å². The number of phosphoric ester groups is 2. The maximum Gasteiger partial charge on any atom is 0.472 e. The van der Waals surface area contributed by atoms with E-state index in [-0.39, 0.29) is 41.4 Å². The number of halogens is 1. The number of nitrogen functional groups attached to an aromatic ring is 2. The van der Waals surface area contributed by atoms with Crippen molar-refractivity contribution in [2.75, 3.05) is 31.8 Å². The molecule has 1 aliphatic carbocycles. The lowest BCUT2D eigenvalue weighted by atomic mass is 9.81. The second-order valence-corrected chi connectivity index (χ2v) is 12.9. The highest BCUT2D eigenvalue weighted by Crippen LogP contribution is 2.52. The van der Waals surface area contributed by atoms with Crippen molar-refractivity contribution in [3.8, 4) is 0 Å². The Morgan fingerprint density at radius 1 is 0.930 bits per heavy atom. The van der Waals surface area contributed by atoms with Crippen LogP contribution in [0.15, 0.2) is 25.3 Å². The van der Waals surface area contributed by atoms with Crippen molar-refractivity contribution in [1.29, 1.82) is 0 Å². The van der Waals surface area contributed by atoms with Gasteiger partial charge in [0.1, 0.15) is 35.9 Å². The monoisotopic (exact) mass is 644 g/mol. The van der Waals surface area contributed by atoms with Crippen LogP contribution in [0.3, 0.4) is 0 Å². The number of hydrogen-bond acceptors (Lipinski definition) is 15. The van der Waals surface area contributed by atoms with Gasteiger partial charge in [-0.3, -0.25) is 22.7 Å². The fourth-order valence-electron chi connectivity index (χ4n) is 5.04. The molecule has 0 spiro atoms. The molecule has 4 aromatic rings. The summed E-state index contributed by atoms with van der Waals surface area (Å²) in [4.78, 5) is 44.5. The number of nitrogens with zero attached hydrogens (tertiary/aromatic N) is 8. The third-order valence-electron chi connectivity index (χ3n) is 7.28. The average molecular weight is 644 g/mol. The molecule has 0 radical (unpaired) electrons. The molecule has 22 heteroatoms. The highest BCUT2D eigenvalue weighted by molar-refractivity contribution is 7.47. The number of phosphoric acid groups is 2. The van der Waals surface area contributed by atoms with Crippen LogP contribution in [-0.4, -0.2) is 87.5 Å². The van der Waals surface area contributed by atoms with Crippen LogP contribution in [-0.2, 0) is 32.0 Å². The second kappa shape index (κ2) is 11.4. The minimum absolute atomic E-state index is 0.00504. The van der Waals surface area contributed by atoms with Gasteiger partial charge in [-0.2, -0.15) is 0 Å². The van der Waals surface area contributed by atoms with Crippen LogP contribution in [0.4, 0.5) is 16.0 Å². The molecule has 1 saturated heterocycles. The number of alkyl halides is 1. The van der Waals surface area contributed by atoms with E-state index in [9.17, 15) is 18.9 Å². The molecule has 5 heterocycles. The van der Waals surface area contributed by atoms with Crippen molar-refractivity contribution in [2.45, 2.75) is 43.5 Å². The Kier molecular flexibility index (Phi) is 7.91. The maximum absolute atomic E-state index is 15.9. The van der Waals surface area contributed by atoms with E-state index >= 15 is 4.39 Å². The van der Waals surface area contributed by atoms with Gasteiger partial charge in [0.25, 0.3) is 0 Å². The molecule has 43 heavy (non-hydrogen) atoms. The van der Waals surface area contributed by atoms with E-state index < -0.39 is 46.9 Å². The molecule has 0 bridgehead atoms. The molecule has 2 fully saturated rings. The Hall–Kier alpha value is -3.19. The number of fused-ring (bicyclic) bond motifs is 2. The number of anilines is 2. The van der Waals surface area contributed by atoms with Gasteiger partial charge >= 0.3 is 15.6 Å². The molecule has 2 aliphatic rings. The normalized spacial score (nSPS) is 28.6. The Morgan fingerprint density at radius 2 is 1.51 bits per heavy atom. The molecular formula is C21H27FN10O9P2. The van der Waals surface area contributed by atoms with Crippen molar-refractivity contribution in [1.82, 2.24) is 39.0 Å². The van der Waals surface area contributed by atoms with Crippen LogP contribution < -0.4 is 11.5 Å². The average Bonchev–Trinajstić information content (AvgIpc) is 3.64. The maximum atomic E-state index is 15.9. The van der Waals surface area contributed by atoms with E-state index in [0.29, 0.717) is 24.0 Å². The summed E-state index contributed by atoms with van der Waals surface area (Å²) < 4.78 is 69.1. The molecule has 6 rings (SSSR count). The van der Waals surface area contributed by atoms with E-state index in [1.54, 1.807) is 6.33 Å². The standard InChI is InChI=1S/C21H27FN10O9P2/c1-37-42(33,34)39-5-12-16(13(22)21(40-12)32-9-30-15-18(24)26-7-28-20(15)32)41-43(35,36)38-4-10-2-11(3-10)31-8-29-14-17(23)25-6-27-19(14)31/h6-13,16,21H,2-5H2,1H3,(H,33,34)(H,35,36)(H2,23,25,27)(H2,24,26,28)/t10-,11+,12-,13-,16-,21-/m1/s1. The topological polar surface area (TPSA) is 260 Å². The summed E-state index contributed by atoms with van der Waals surface area (Å²) in [7, 11) is -8.45. The zero-order chi connectivity index (χ0) is 30.5. The SMILES string of the molecule is COP(=O)(O)OC[C@H]1O[C@@H](n2cnc3c(N)ncnc32)[C@H](F)[C@@H]1OP(=O)(O)OC[C@H]1C[C@@H](n2cnc3c(N)ncnc32)C1. The summed E-state index contributed by atoms with van der Waals surface area (Å²) in [5.41, 5.74) is 13.0. The van der Waals surface area contributed by atoms with Crippen molar-refractivity contribution in [3.63, 3.8) is 0 Å². The lowest BCUT2D eigenvalue weighted by Crippen LogP contribution is -2.34. The van der Waals surface area contributed by atoms with Gasteiger partial charge in [-0.05, 0) is 18.8 Å². The first-order valence-corrected chi connectivity index (χ1v) is 15.8. The Balaban J connectivity index is 1.12. The van der Waals surface area contributed by atoms with Gasteiger partial charge in [-0.1, -0.05) is 0 Å². The van der Waals surface area contributed by atoms with Crippen molar-refractivity contribution >= 4 is 49.6 Å². The molecule has 232 valence electrons. The summed E-state index contributed by atoms with van der Waals surface area (Å²) >= 11 is 0. The van der Waals surface area contributed by atoms with Gasteiger partial charge in [0.2, 0.25) is 0 Å². The van der Waals surface area contributed by atoms with Crippen LogP contribution in [0.25, 0.3) is 22.3 Å². The Labute approximate surface area is 241 Å². The molecule has 0 amide bonds. The summed E-state index contributed by atoms with van der Waals surface area (Å²) in [6.07, 6.45) is -0.373. The number of ether oxygens (including phenoxy) is 1. The van der Waals surface area contributed by atoms with E-state index in [2.05, 4.69) is 34.4 Å². The van der Waals surface area contributed by atoms with Crippen molar-refractivity contribution in [3.05, 3.63) is 25.3 Å². The first-order chi connectivity index (χ1) is 20.5. The predicted molar refractivity (Wildman–Crippen MR) is 143 cm³/mol. The predicted octanol–water partition coefficient (Wildman–Crippen LogP) is 1.28. The Morgan fingerprint density at radius 3 is 2.14 bits per heavy atom. The summed E-state index contributed by atoms with van der Waals surface area (Å²) in [6, 6.07) is 0.00504. The van der Waals surface area contributed by atoms with Crippen LogP contribution >= 0.6 is 15.6 Å². The largest absolute Gasteiger partial charge is 0.472 e. The Bertz CT molecular complexity index is 1740.